The molecule has 1 aliphatic heterocycles. The van der Waals surface area contributed by atoms with Gasteiger partial charge in [0.2, 0.25) is 0 Å². The molecule has 0 aliphatic carbocycles. The van der Waals surface area contributed by atoms with Crippen molar-refractivity contribution in [2.45, 2.75) is 25.8 Å². The molecule has 1 N–H and O–H groups in total. The van der Waals surface area contributed by atoms with Crippen LogP contribution in [-0.2, 0) is 9.53 Å². The monoisotopic (exact) mass is 488 g/mol. The number of methoxy groups -OCH3 is 3. The van der Waals surface area contributed by atoms with Crippen LogP contribution in [0.5, 0.6) is 11.5 Å². The number of ether oxygens (including phenoxy) is 3. The van der Waals surface area contributed by atoms with Crippen LogP contribution in [0.3, 0.4) is 0 Å². The van der Waals surface area contributed by atoms with Crippen molar-refractivity contribution in [3.63, 3.8) is 0 Å². The Labute approximate surface area is 204 Å². The maximum Gasteiger partial charge on any atom is 0.317 e. The molecular formula is C24H32N4O5S. The lowest BCUT2D eigenvalue weighted by Gasteiger charge is -2.27. The molecule has 34 heavy (non-hydrogen) atoms. The van der Waals surface area contributed by atoms with Crippen LogP contribution in [0.4, 0.5) is 4.79 Å². The molecule has 2 heterocycles. The summed E-state index contributed by atoms with van der Waals surface area (Å²) in [5, 5.41) is 11.0. The standard InChI is InChI=1S/C24H32N4O5S/c1-5-10-25-24(30)27(11-12-31-2)16-23(29)28-20(15-19(26-28)22-7-6-13-34-22)18-14-17(32-3)8-9-21(18)33-4/h6-9,13-14,20H,5,10-12,15-16H2,1-4H3,(H,25,30). The minimum absolute atomic E-state index is 0.122. The number of amides is 3. The molecule has 9 nitrogen and oxygen atoms in total. The highest BCUT2D eigenvalue weighted by atomic mass is 32.1. The number of hydrogen-bond acceptors (Lipinski definition) is 7. The molecule has 1 aromatic heterocycles. The predicted octanol–water partition coefficient (Wildman–Crippen LogP) is 3.51. The van der Waals surface area contributed by atoms with Gasteiger partial charge >= 0.3 is 6.03 Å². The van der Waals surface area contributed by atoms with E-state index in [0.717, 1.165) is 22.6 Å². The number of rotatable bonds is 11. The average molecular weight is 489 g/mol. The molecule has 0 radical (unpaired) electrons. The number of thiophene rings is 1. The van der Waals surface area contributed by atoms with Crippen molar-refractivity contribution in [3.05, 3.63) is 46.2 Å². The van der Waals surface area contributed by atoms with E-state index in [1.165, 1.54) is 9.91 Å². The first-order valence-corrected chi connectivity index (χ1v) is 12.1. The van der Waals surface area contributed by atoms with Gasteiger partial charge in [0.15, 0.2) is 0 Å². The zero-order valence-corrected chi connectivity index (χ0v) is 20.9. The van der Waals surface area contributed by atoms with Crippen LogP contribution in [0, 0.1) is 0 Å². The van der Waals surface area contributed by atoms with Crippen molar-refractivity contribution in [1.29, 1.82) is 0 Å². The van der Waals surface area contributed by atoms with Gasteiger partial charge in [0.05, 0.1) is 37.5 Å². The molecule has 10 heteroatoms. The van der Waals surface area contributed by atoms with E-state index < -0.39 is 6.04 Å². The SMILES string of the molecule is CCCNC(=O)N(CCOC)CC(=O)N1N=C(c2cccs2)CC1c1cc(OC)ccc1OC. The summed E-state index contributed by atoms with van der Waals surface area (Å²) in [6, 6.07) is 8.76. The van der Waals surface area contributed by atoms with Gasteiger partial charge in [-0.3, -0.25) is 4.79 Å². The van der Waals surface area contributed by atoms with Gasteiger partial charge in [-0.15, -0.1) is 11.3 Å². The maximum atomic E-state index is 13.5. The van der Waals surface area contributed by atoms with Crippen LogP contribution < -0.4 is 14.8 Å². The summed E-state index contributed by atoms with van der Waals surface area (Å²) in [4.78, 5) is 28.7. The highest BCUT2D eigenvalue weighted by molar-refractivity contribution is 7.12. The van der Waals surface area contributed by atoms with Crippen molar-refractivity contribution in [3.8, 4) is 11.5 Å². The summed E-state index contributed by atoms with van der Waals surface area (Å²) in [6.45, 7) is 3.00. The molecule has 0 spiro atoms. The molecule has 0 fully saturated rings. The number of carbonyl (C=O) groups excluding carboxylic acids is 2. The van der Waals surface area contributed by atoms with Gasteiger partial charge in [0.25, 0.3) is 5.91 Å². The number of nitrogens with one attached hydrogen (secondary N) is 1. The second-order valence-corrected chi connectivity index (χ2v) is 8.68. The first kappa shape index (κ1) is 25.5. The topological polar surface area (TPSA) is 92.7 Å². The Hall–Kier alpha value is -3.11. The molecule has 0 saturated heterocycles. The van der Waals surface area contributed by atoms with Gasteiger partial charge in [0, 0.05) is 32.2 Å². The van der Waals surface area contributed by atoms with Crippen molar-refractivity contribution < 1.29 is 23.8 Å². The Morgan fingerprint density at radius 3 is 2.71 bits per heavy atom. The molecule has 184 valence electrons. The fourth-order valence-electron chi connectivity index (χ4n) is 3.71. The first-order chi connectivity index (χ1) is 16.5. The van der Waals surface area contributed by atoms with E-state index in [4.69, 9.17) is 19.3 Å². The summed E-state index contributed by atoms with van der Waals surface area (Å²) >= 11 is 1.57. The second kappa shape index (κ2) is 12.4. The molecule has 0 saturated carbocycles. The van der Waals surface area contributed by atoms with E-state index in [-0.39, 0.29) is 18.5 Å². The zero-order chi connectivity index (χ0) is 24.5. The van der Waals surface area contributed by atoms with Gasteiger partial charge in [-0.2, -0.15) is 5.10 Å². The average Bonchev–Trinajstić information content (AvgIpc) is 3.54. The first-order valence-electron chi connectivity index (χ1n) is 11.2. The fraction of sp³-hybridized carbons (Fsp3) is 0.458. The van der Waals surface area contributed by atoms with Crippen LogP contribution in [-0.4, -0.2) is 75.1 Å². The summed E-state index contributed by atoms with van der Waals surface area (Å²) in [7, 11) is 4.75. The molecule has 1 aromatic carbocycles. The van der Waals surface area contributed by atoms with Crippen LogP contribution >= 0.6 is 11.3 Å². The molecule has 3 amide bonds. The quantitative estimate of drug-likeness (QED) is 0.523. The van der Waals surface area contributed by atoms with Gasteiger partial charge in [-0.25, -0.2) is 9.80 Å². The lowest BCUT2D eigenvalue weighted by atomic mass is 9.99. The normalized spacial score (nSPS) is 15.1. The number of hydrogen-bond donors (Lipinski definition) is 1. The Balaban J connectivity index is 1.92. The number of urea groups is 1. The lowest BCUT2D eigenvalue weighted by Crippen LogP contribution is -2.47. The Kier molecular flexibility index (Phi) is 9.29. The van der Waals surface area contributed by atoms with Crippen LogP contribution in [0.25, 0.3) is 0 Å². The van der Waals surface area contributed by atoms with E-state index in [1.54, 1.807) is 32.7 Å². The van der Waals surface area contributed by atoms with Gasteiger partial charge in [-0.05, 0) is 36.1 Å². The van der Waals surface area contributed by atoms with E-state index in [2.05, 4.69) is 5.32 Å². The number of nitrogens with zero attached hydrogens (tertiary/aromatic N) is 3. The number of carbonyl (C=O) groups is 2. The summed E-state index contributed by atoms with van der Waals surface area (Å²) in [5.74, 6) is 1.01. The fourth-order valence-corrected chi connectivity index (χ4v) is 4.43. The lowest BCUT2D eigenvalue weighted by molar-refractivity contribution is -0.133. The molecule has 2 aromatic rings. The maximum absolute atomic E-state index is 13.5. The third-order valence-electron chi connectivity index (χ3n) is 5.47. The molecule has 3 rings (SSSR count). The van der Waals surface area contributed by atoms with Gasteiger partial charge in [-0.1, -0.05) is 13.0 Å². The smallest absolute Gasteiger partial charge is 0.317 e. The predicted molar refractivity (Wildman–Crippen MR) is 132 cm³/mol. The van der Waals surface area contributed by atoms with Crippen molar-refractivity contribution in [2.24, 2.45) is 5.10 Å². The number of benzene rings is 1. The van der Waals surface area contributed by atoms with Crippen molar-refractivity contribution in [1.82, 2.24) is 15.2 Å². The van der Waals surface area contributed by atoms with E-state index in [9.17, 15) is 9.59 Å². The highest BCUT2D eigenvalue weighted by Crippen LogP contribution is 2.39. The van der Waals surface area contributed by atoms with Crippen LogP contribution in [0.15, 0.2) is 40.8 Å². The van der Waals surface area contributed by atoms with E-state index in [1.807, 2.05) is 42.6 Å². The molecule has 1 atom stereocenters. The summed E-state index contributed by atoms with van der Waals surface area (Å²) in [5.41, 5.74) is 1.61. The van der Waals surface area contributed by atoms with Crippen molar-refractivity contribution >= 4 is 29.0 Å². The molecule has 0 bridgehead atoms. The van der Waals surface area contributed by atoms with Crippen LogP contribution in [0.2, 0.25) is 0 Å². The molecule has 1 unspecified atom stereocenters. The number of hydrazone groups is 1. The third-order valence-corrected chi connectivity index (χ3v) is 6.39. The summed E-state index contributed by atoms with van der Waals surface area (Å²) in [6.07, 6.45) is 1.33. The van der Waals surface area contributed by atoms with E-state index in [0.29, 0.717) is 37.6 Å². The van der Waals surface area contributed by atoms with E-state index >= 15 is 0 Å². The van der Waals surface area contributed by atoms with Crippen molar-refractivity contribution in [2.75, 3.05) is 47.6 Å². The Morgan fingerprint density at radius 2 is 2.06 bits per heavy atom. The summed E-state index contributed by atoms with van der Waals surface area (Å²) < 4.78 is 16.2. The zero-order valence-electron chi connectivity index (χ0n) is 20.1. The third kappa shape index (κ3) is 6.06. The van der Waals surface area contributed by atoms with Crippen LogP contribution in [0.1, 0.15) is 36.2 Å². The minimum atomic E-state index is -0.391. The minimum Gasteiger partial charge on any atom is -0.497 e. The molecule has 1 aliphatic rings. The highest BCUT2D eigenvalue weighted by Gasteiger charge is 2.36. The second-order valence-electron chi connectivity index (χ2n) is 7.74. The Morgan fingerprint density at radius 1 is 1.24 bits per heavy atom. The van der Waals surface area contributed by atoms with Gasteiger partial charge < -0.3 is 24.4 Å². The van der Waals surface area contributed by atoms with Gasteiger partial charge in [0.1, 0.15) is 18.0 Å². The largest absolute Gasteiger partial charge is 0.497 e. The Bertz CT molecular complexity index is 995. The molecular weight excluding hydrogens is 456 g/mol.